The van der Waals surface area contributed by atoms with Gasteiger partial charge < -0.3 is 14.8 Å². The van der Waals surface area contributed by atoms with Crippen LogP contribution in [-0.2, 0) is 4.79 Å². The zero-order chi connectivity index (χ0) is 19.2. The van der Waals surface area contributed by atoms with E-state index in [9.17, 15) is 4.79 Å². The highest BCUT2D eigenvalue weighted by molar-refractivity contribution is 8.18. The van der Waals surface area contributed by atoms with Crippen molar-refractivity contribution < 1.29 is 14.3 Å². The molecule has 0 aromatic heterocycles. The number of hydrogen-bond acceptors (Lipinski definition) is 5. The fourth-order valence-electron chi connectivity index (χ4n) is 2.34. The Bertz CT molecular complexity index is 939. The van der Waals surface area contributed by atoms with Gasteiger partial charge in [0.15, 0.2) is 5.17 Å². The number of amides is 1. The summed E-state index contributed by atoms with van der Waals surface area (Å²) in [7, 11) is 3.13. The summed E-state index contributed by atoms with van der Waals surface area (Å²) in [4.78, 5) is 17.1. The fourth-order valence-corrected chi connectivity index (χ4v) is 3.47. The second-order valence-corrected chi connectivity index (χ2v) is 6.93. The van der Waals surface area contributed by atoms with E-state index in [0.717, 1.165) is 5.56 Å². The maximum atomic E-state index is 12.2. The molecule has 3 rings (SSSR count). The van der Waals surface area contributed by atoms with Crippen LogP contribution >= 0.6 is 23.4 Å². The number of carbonyl (C=O) groups is 1. The number of carbonyl (C=O) groups excluding carboxylic acids is 1. The molecule has 0 radical (unpaired) electrons. The Morgan fingerprint density at radius 2 is 1.93 bits per heavy atom. The van der Waals surface area contributed by atoms with E-state index >= 15 is 0 Å². The van der Waals surface area contributed by atoms with E-state index in [1.807, 2.05) is 30.3 Å². The van der Waals surface area contributed by atoms with Crippen LogP contribution in [-0.4, -0.2) is 25.3 Å². The monoisotopic (exact) mass is 400 g/mol. The second-order valence-electron chi connectivity index (χ2n) is 5.46. The molecule has 1 fully saturated rings. The Hall–Kier alpha value is -2.70. The maximum absolute atomic E-state index is 12.2. The van der Waals surface area contributed by atoms with Crippen LogP contribution in [0.5, 0.6) is 11.5 Å². The third-order valence-electron chi connectivity index (χ3n) is 3.63. The molecular weight excluding hydrogens is 384 g/mol. The minimum Gasteiger partial charge on any atom is -0.497 e. The Morgan fingerprint density at radius 1 is 1.15 bits per heavy atom. The summed E-state index contributed by atoms with van der Waals surface area (Å²) >= 11 is 7.49. The zero-order valence-corrected chi connectivity index (χ0v) is 16.3. The van der Waals surface area contributed by atoms with Gasteiger partial charge >= 0.3 is 0 Å². The quantitative estimate of drug-likeness (QED) is 0.738. The minimum absolute atomic E-state index is 0.245. The van der Waals surface area contributed by atoms with Crippen LogP contribution in [0.15, 0.2) is 69.5 Å². The first-order valence-electron chi connectivity index (χ1n) is 8.03. The van der Waals surface area contributed by atoms with E-state index in [-0.39, 0.29) is 5.91 Å². The molecule has 2 aromatic rings. The predicted octanol–water partition coefficient (Wildman–Crippen LogP) is 4.72. The van der Waals surface area contributed by atoms with Gasteiger partial charge in [-0.2, -0.15) is 0 Å². The first kappa shape index (κ1) is 19.1. The molecule has 0 bridgehead atoms. The molecule has 1 amide bonds. The average Bonchev–Trinajstić information content (AvgIpc) is 3.01. The van der Waals surface area contributed by atoms with Crippen molar-refractivity contribution in [2.45, 2.75) is 0 Å². The van der Waals surface area contributed by atoms with Crippen LogP contribution in [0.3, 0.4) is 0 Å². The number of hydrogen-bond donors (Lipinski definition) is 1. The highest BCUT2D eigenvalue weighted by Gasteiger charge is 2.24. The van der Waals surface area contributed by atoms with Gasteiger partial charge in [0.2, 0.25) is 0 Å². The van der Waals surface area contributed by atoms with Gasteiger partial charge in [-0.1, -0.05) is 41.9 Å². The van der Waals surface area contributed by atoms with E-state index in [2.05, 4.69) is 10.3 Å². The van der Waals surface area contributed by atoms with Gasteiger partial charge in [-0.25, -0.2) is 4.99 Å². The molecule has 1 aliphatic rings. The molecule has 0 atom stereocenters. The number of nitrogens with zero attached hydrogens (tertiary/aromatic N) is 1. The van der Waals surface area contributed by atoms with Gasteiger partial charge in [0.25, 0.3) is 5.91 Å². The molecular formula is C20H17ClN2O3S. The number of thioether (sulfide) groups is 1. The van der Waals surface area contributed by atoms with Crippen molar-refractivity contribution in [3.05, 3.63) is 70.1 Å². The lowest BCUT2D eigenvalue weighted by molar-refractivity contribution is -0.115. The molecule has 0 spiro atoms. The van der Waals surface area contributed by atoms with E-state index < -0.39 is 0 Å². The smallest absolute Gasteiger partial charge is 0.264 e. The summed E-state index contributed by atoms with van der Waals surface area (Å²) in [5.41, 5.74) is 1.55. The largest absolute Gasteiger partial charge is 0.497 e. The molecule has 1 saturated heterocycles. The molecule has 0 aliphatic carbocycles. The third-order valence-corrected chi connectivity index (χ3v) is 4.76. The molecule has 27 heavy (non-hydrogen) atoms. The van der Waals surface area contributed by atoms with Gasteiger partial charge in [-0.3, -0.25) is 4.79 Å². The molecule has 7 heteroatoms. The molecule has 138 valence electrons. The van der Waals surface area contributed by atoms with E-state index in [4.69, 9.17) is 21.1 Å². The zero-order valence-electron chi connectivity index (χ0n) is 14.7. The topological polar surface area (TPSA) is 59.9 Å². The number of rotatable bonds is 5. The van der Waals surface area contributed by atoms with Crippen molar-refractivity contribution in [2.75, 3.05) is 14.2 Å². The molecule has 2 aromatic carbocycles. The van der Waals surface area contributed by atoms with Crippen LogP contribution in [0, 0.1) is 0 Å². The Kier molecular flexibility index (Phi) is 6.21. The van der Waals surface area contributed by atoms with Gasteiger partial charge in [-0.15, -0.1) is 0 Å². The molecule has 1 aliphatic heterocycles. The summed E-state index contributed by atoms with van der Waals surface area (Å²) in [6.45, 7) is 0. The normalized spacial score (nSPS) is 17.3. The number of aliphatic imine (C=N–C) groups is 1. The van der Waals surface area contributed by atoms with Gasteiger partial charge in [0.1, 0.15) is 17.2 Å². The highest BCUT2D eigenvalue weighted by Crippen LogP contribution is 2.34. The Labute approximate surface area is 166 Å². The number of allylic oxidation sites excluding steroid dienone is 2. The second kappa shape index (κ2) is 8.79. The first-order valence-corrected chi connectivity index (χ1v) is 9.22. The number of amidine groups is 1. The van der Waals surface area contributed by atoms with Crippen LogP contribution in [0.1, 0.15) is 5.56 Å². The number of benzene rings is 2. The predicted molar refractivity (Wildman–Crippen MR) is 111 cm³/mol. The minimum atomic E-state index is -0.245. The summed E-state index contributed by atoms with van der Waals surface area (Å²) in [5.74, 6) is 0.972. The molecule has 0 saturated carbocycles. The molecule has 1 N–H and O–H groups in total. The lowest BCUT2D eigenvalue weighted by Gasteiger charge is -2.07. The summed E-state index contributed by atoms with van der Waals surface area (Å²) < 4.78 is 10.5. The SMILES string of the molecule is COc1ccc(N=C2NC(=O)/C(=C/C(Cl)=C/c3ccccc3)S2)c(OC)c1. The third kappa shape index (κ3) is 4.93. The van der Waals surface area contributed by atoms with Gasteiger partial charge in [0.05, 0.1) is 19.1 Å². The molecule has 0 unspecified atom stereocenters. The summed E-state index contributed by atoms with van der Waals surface area (Å²) in [6, 6.07) is 14.9. The lowest BCUT2D eigenvalue weighted by Crippen LogP contribution is -2.19. The van der Waals surface area contributed by atoms with Gasteiger partial charge in [0, 0.05) is 11.1 Å². The van der Waals surface area contributed by atoms with Crippen LogP contribution in [0.25, 0.3) is 6.08 Å². The van der Waals surface area contributed by atoms with Crippen molar-refractivity contribution >= 4 is 46.2 Å². The van der Waals surface area contributed by atoms with Crippen molar-refractivity contribution in [1.29, 1.82) is 0 Å². The van der Waals surface area contributed by atoms with Crippen LogP contribution < -0.4 is 14.8 Å². The molecule has 1 heterocycles. The maximum Gasteiger partial charge on any atom is 0.264 e. The number of halogens is 1. The van der Waals surface area contributed by atoms with Gasteiger partial charge in [-0.05, 0) is 41.6 Å². The standard InChI is InChI=1S/C20H17ClN2O3S/c1-25-15-8-9-16(17(12-15)26-2)22-20-23-19(24)18(27-20)11-14(21)10-13-6-4-3-5-7-13/h3-12H,1-2H3,(H,22,23,24)/b14-10-,18-11-. The Morgan fingerprint density at radius 3 is 2.63 bits per heavy atom. The van der Waals surface area contributed by atoms with Crippen molar-refractivity contribution in [1.82, 2.24) is 5.32 Å². The van der Waals surface area contributed by atoms with Crippen LogP contribution in [0.2, 0.25) is 0 Å². The summed E-state index contributed by atoms with van der Waals surface area (Å²) in [5, 5.41) is 3.65. The lowest BCUT2D eigenvalue weighted by atomic mass is 10.2. The van der Waals surface area contributed by atoms with Crippen LogP contribution in [0.4, 0.5) is 5.69 Å². The molecule has 5 nitrogen and oxygen atoms in total. The van der Waals surface area contributed by atoms with Crippen molar-refractivity contribution in [3.63, 3.8) is 0 Å². The number of nitrogens with one attached hydrogen (secondary N) is 1. The first-order chi connectivity index (χ1) is 13.1. The summed E-state index contributed by atoms with van der Waals surface area (Å²) in [6.07, 6.45) is 3.42. The highest BCUT2D eigenvalue weighted by atomic mass is 35.5. The fraction of sp³-hybridized carbons (Fsp3) is 0.100. The van der Waals surface area contributed by atoms with E-state index in [0.29, 0.717) is 32.3 Å². The van der Waals surface area contributed by atoms with Crippen molar-refractivity contribution in [2.24, 2.45) is 4.99 Å². The number of methoxy groups -OCH3 is 2. The van der Waals surface area contributed by atoms with Crippen molar-refractivity contribution in [3.8, 4) is 11.5 Å². The van der Waals surface area contributed by atoms with E-state index in [1.165, 1.54) is 11.8 Å². The Balaban J connectivity index is 1.81. The number of ether oxygens (including phenoxy) is 2. The van der Waals surface area contributed by atoms with E-state index in [1.54, 1.807) is 44.6 Å². The average molecular weight is 401 g/mol.